The molecular weight excluding hydrogens is 210 g/mol. The van der Waals surface area contributed by atoms with Gasteiger partial charge in [0.05, 0.1) is 0 Å². The zero-order valence-corrected chi connectivity index (χ0v) is 7.65. The molecule has 0 aromatic carbocycles. The van der Waals surface area contributed by atoms with Crippen LogP contribution in [0.25, 0.3) is 0 Å². The molecule has 0 saturated heterocycles. The third-order valence-electron chi connectivity index (χ3n) is 0. The molecule has 4 heteroatoms. The molecule has 0 aliphatic rings. The Kier molecular flexibility index (Phi) is 172. The van der Waals surface area contributed by atoms with E-state index >= 15 is 0 Å². The molecule has 16 valence electrons. The largest absolute Gasteiger partial charge is 3.00 e. The van der Waals surface area contributed by atoms with Gasteiger partial charge in [0, 0.05) is 0 Å². The Labute approximate surface area is 75.1 Å². The minimum absolute atomic E-state index is 0. The summed E-state index contributed by atoms with van der Waals surface area (Å²) in [6.07, 6.45) is 0. The molecule has 0 aliphatic heterocycles. The van der Waals surface area contributed by atoms with Gasteiger partial charge in [-0.2, -0.15) is 0 Å². The van der Waals surface area contributed by atoms with Crippen molar-refractivity contribution in [2.45, 2.75) is 0 Å². The van der Waals surface area contributed by atoms with E-state index < -0.39 is 0 Å². The van der Waals surface area contributed by atoms with Crippen LogP contribution in [0.15, 0.2) is 0 Å². The maximum absolute atomic E-state index is 0. The number of rotatable bonds is 0. The first-order valence-electron chi connectivity index (χ1n) is 0. The minimum atomic E-state index is 0. The Hall–Kier alpha value is 2.13. The fourth-order valence-electron chi connectivity index (χ4n) is 0. The normalized spacial score (nSPS) is 0. The Morgan fingerprint density at radius 2 is 0.500 bits per heavy atom. The quantitative estimate of drug-likeness (QED) is 0.529. The van der Waals surface area contributed by atoms with Crippen LogP contribution in [0.2, 0.25) is 0 Å². The molecule has 0 radical (unpaired) electrons. The molecule has 4 heavy (non-hydrogen) atoms. The van der Waals surface area contributed by atoms with E-state index in [2.05, 4.69) is 0 Å². The van der Waals surface area contributed by atoms with Crippen molar-refractivity contribution in [3.05, 3.63) is 0 Å². The van der Waals surface area contributed by atoms with Crippen LogP contribution in [0.3, 0.4) is 0 Å². The van der Waals surface area contributed by atoms with E-state index in [1.807, 2.05) is 0 Å². The van der Waals surface area contributed by atoms with E-state index in [1.165, 1.54) is 0 Å². The standard InChI is InChI=1S/2O.2Y/q2*-2;2*+3. The second-order valence-electron chi connectivity index (χ2n) is 0. The van der Waals surface area contributed by atoms with E-state index in [9.17, 15) is 0 Å². The molecule has 0 amide bonds. The maximum atomic E-state index is 0. The first-order valence-corrected chi connectivity index (χ1v) is 0. The monoisotopic (exact) mass is 210 g/mol. The van der Waals surface area contributed by atoms with Gasteiger partial charge < -0.3 is 11.0 Å². The van der Waals surface area contributed by atoms with E-state index in [1.54, 1.807) is 0 Å². The Morgan fingerprint density at radius 3 is 0.500 bits per heavy atom. The third kappa shape index (κ3) is 8.92. The van der Waals surface area contributed by atoms with Gasteiger partial charge in [-0.25, -0.2) is 0 Å². The summed E-state index contributed by atoms with van der Waals surface area (Å²) in [7, 11) is 0. The molecule has 0 aromatic heterocycles. The van der Waals surface area contributed by atoms with Crippen LogP contribution in [0.5, 0.6) is 0 Å². The number of hydrogen-bond donors (Lipinski definition) is 0. The zero-order chi connectivity index (χ0) is 0. The molecule has 0 N–H and O–H groups in total. The van der Waals surface area contributed by atoms with Gasteiger partial charge in [0.15, 0.2) is 0 Å². The molecule has 0 saturated carbocycles. The van der Waals surface area contributed by atoms with E-state index in [0.717, 1.165) is 0 Å². The van der Waals surface area contributed by atoms with Crippen molar-refractivity contribution in [2.24, 2.45) is 0 Å². The Morgan fingerprint density at radius 1 is 0.500 bits per heavy atom. The predicted molar refractivity (Wildman–Crippen MR) is 1.37 cm³/mol. The summed E-state index contributed by atoms with van der Waals surface area (Å²) in [6, 6.07) is 0. The molecule has 0 aliphatic carbocycles. The molecule has 0 unspecified atom stereocenters. The van der Waals surface area contributed by atoms with Crippen molar-refractivity contribution in [1.82, 2.24) is 0 Å². The molecule has 0 bridgehead atoms. The van der Waals surface area contributed by atoms with Crippen molar-refractivity contribution in [1.29, 1.82) is 0 Å². The smallest absolute Gasteiger partial charge is 2.00 e. The zero-order valence-electron chi connectivity index (χ0n) is 1.97. The van der Waals surface area contributed by atoms with Crippen LogP contribution in [0, 0.1) is 0 Å². The van der Waals surface area contributed by atoms with Crippen LogP contribution < -0.4 is 0 Å². The van der Waals surface area contributed by atoms with Crippen molar-refractivity contribution >= 4 is 0 Å². The summed E-state index contributed by atoms with van der Waals surface area (Å²) in [4.78, 5) is 0. The molecule has 0 spiro atoms. The van der Waals surface area contributed by atoms with Gasteiger partial charge >= 0.3 is 65.4 Å². The first-order chi connectivity index (χ1) is 0. The van der Waals surface area contributed by atoms with E-state index in [0.29, 0.717) is 0 Å². The van der Waals surface area contributed by atoms with Crippen molar-refractivity contribution in [3.63, 3.8) is 0 Å². The van der Waals surface area contributed by atoms with Crippen LogP contribution in [-0.2, 0) is 76.4 Å². The average molecular weight is 210 g/mol. The summed E-state index contributed by atoms with van der Waals surface area (Å²) in [5.74, 6) is 0. The fraction of sp³-hybridized carbons (Fsp3) is 0. The summed E-state index contributed by atoms with van der Waals surface area (Å²) in [6.45, 7) is 0. The summed E-state index contributed by atoms with van der Waals surface area (Å²) < 4.78 is 0. The molecule has 0 rings (SSSR count). The van der Waals surface area contributed by atoms with E-state index in [-0.39, 0.29) is 76.4 Å². The molecule has 0 aromatic rings. The Balaban J connectivity index is 0. The van der Waals surface area contributed by atoms with Crippen LogP contribution in [0.4, 0.5) is 0 Å². The van der Waals surface area contributed by atoms with Crippen LogP contribution in [0.1, 0.15) is 0 Å². The minimum Gasteiger partial charge on any atom is -2.00 e. The van der Waals surface area contributed by atoms with Gasteiger partial charge in [-0.3, -0.25) is 0 Å². The maximum Gasteiger partial charge on any atom is 3.00 e. The SMILES string of the molecule is [O-2].[O-2].[Y+3].[Y+3]. The summed E-state index contributed by atoms with van der Waals surface area (Å²) >= 11 is 0. The number of hydrogen-bond acceptors (Lipinski definition) is 0. The predicted octanol–water partition coefficient (Wildman–Crippen LogP) is -0.243. The van der Waals surface area contributed by atoms with E-state index in [4.69, 9.17) is 0 Å². The van der Waals surface area contributed by atoms with Crippen molar-refractivity contribution in [2.75, 3.05) is 0 Å². The van der Waals surface area contributed by atoms with Crippen LogP contribution >= 0.6 is 0 Å². The molecule has 0 fully saturated rings. The molecular formula is O2Y2+2. The Bertz CT molecular complexity index is 4.00. The van der Waals surface area contributed by atoms with Gasteiger partial charge in [0.2, 0.25) is 0 Å². The molecule has 2 nitrogen and oxygen atoms in total. The van der Waals surface area contributed by atoms with Gasteiger partial charge in [0.1, 0.15) is 0 Å². The molecule has 0 heterocycles. The van der Waals surface area contributed by atoms with Gasteiger partial charge in [-0.15, -0.1) is 0 Å². The second kappa shape index (κ2) is 19.3. The van der Waals surface area contributed by atoms with Gasteiger partial charge in [0.25, 0.3) is 0 Å². The summed E-state index contributed by atoms with van der Waals surface area (Å²) in [5, 5.41) is 0. The fourth-order valence-corrected chi connectivity index (χ4v) is 0. The van der Waals surface area contributed by atoms with Gasteiger partial charge in [-0.1, -0.05) is 0 Å². The topological polar surface area (TPSA) is 57.0 Å². The van der Waals surface area contributed by atoms with Crippen LogP contribution in [-0.4, -0.2) is 0 Å². The van der Waals surface area contributed by atoms with Gasteiger partial charge in [-0.05, 0) is 0 Å². The molecule has 0 atom stereocenters. The first kappa shape index (κ1) is 35.6. The average Bonchev–Trinajstić information content (AvgIpc) is 0. The second-order valence-corrected chi connectivity index (χ2v) is 0. The third-order valence-corrected chi connectivity index (χ3v) is 0. The van der Waals surface area contributed by atoms with Crippen molar-refractivity contribution in [3.8, 4) is 0 Å². The summed E-state index contributed by atoms with van der Waals surface area (Å²) in [5.41, 5.74) is 0. The van der Waals surface area contributed by atoms with Crippen molar-refractivity contribution < 1.29 is 76.4 Å².